The van der Waals surface area contributed by atoms with Gasteiger partial charge in [0.1, 0.15) is 11.6 Å². The van der Waals surface area contributed by atoms with E-state index in [9.17, 15) is 19.5 Å². The lowest BCUT2D eigenvalue weighted by atomic mass is 10.1. The molecule has 0 aliphatic carbocycles. The van der Waals surface area contributed by atoms with E-state index in [1.807, 2.05) is 0 Å². The van der Waals surface area contributed by atoms with Gasteiger partial charge >= 0.3 is 11.9 Å². The molecule has 0 bridgehead atoms. The Morgan fingerprint density at radius 3 is 2.50 bits per heavy atom. The molecule has 0 saturated carbocycles. The van der Waals surface area contributed by atoms with Gasteiger partial charge in [-0.15, -0.1) is 0 Å². The summed E-state index contributed by atoms with van der Waals surface area (Å²) in [6, 6.07) is -1.16. The van der Waals surface area contributed by atoms with E-state index in [1.165, 1.54) is 4.90 Å². The number of thiol groups is 1. The summed E-state index contributed by atoms with van der Waals surface area (Å²) in [5.74, 6) is -1.51. The van der Waals surface area contributed by atoms with Gasteiger partial charge in [-0.05, 0) is 32.4 Å². The summed E-state index contributed by atoms with van der Waals surface area (Å²) >= 11 is 4.13. The Morgan fingerprint density at radius 2 is 2.10 bits per heavy atom. The highest BCUT2D eigenvalue weighted by Gasteiger charge is 2.39. The van der Waals surface area contributed by atoms with Crippen molar-refractivity contribution in [2.75, 3.05) is 12.3 Å². The zero-order chi connectivity index (χ0) is 15.5. The van der Waals surface area contributed by atoms with E-state index < -0.39 is 23.6 Å². The number of nitrogens with zero attached hydrogens (tertiary/aromatic N) is 1. The second kappa shape index (κ2) is 6.47. The first-order valence-electron chi connectivity index (χ1n) is 6.49. The average molecular weight is 303 g/mol. The van der Waals surface area contributed by atoms with Crippen LogP contribution in [0.4, 0.5) is 0 Å². The molecule has 2 atom stereocenters. The van der Waals surface area contributed by atoms with Crippen LogP contribution in [0.1, 0.15) is 33.6 Å². The molecule has 1 amide bonds. The van der Waals surface area contributed by atoms with Gasteiger partial charge in [-0.3, -0.25) is 9.59 Å². The molecule has 0 aromatic heterocycles. The maximum Gasteiger partial charge on any atom is 0.327 e. The molecule has 0 radical (unpaired) electrons. The van der Waals surface area contributed by atoms with Gasteiger partial charge in [0.25, 0.3) is 0 Å². The Morgan fingerprint density at radius 1 is 1.50 bits per heavy atom. The van der Waals surface area contributed by atoms with E-state index in [0.29, 0.717) is 12.3 Å². The predicted octanol–water partition coefficient (Wildman–Crippen LogP) is 0.950. The average Bonchev–Trinajstić information content (AvgIpc) is 2.64. The minimum absolute atomic E-state index is 0.0336. The van der Waals surface area contributed by atoms with Crippen molar-refractivity contribution in [2.24, 2.45) is 5.92 Å². The number of hydrogen-bond acceptors (Lipinski definition) is 5. The fourth-order valence-electron chi connectivity index (χ4n) is 2.10. The van der Waals surface area contributed by atoms with Crippen LogP contribution < -0.4 is 0 Å². The Kier molecular flexibility index (Phi) is 5.44. The molecule has 1 fully saturated rings. The summed E-state index contributed by atoms with van der Waals surface area (Å²) in [5, 5.41) is 9.24. The zero-order valence-corrected chi connectivity index (χ0v) is 12.9. The van der Waals surface area contributed by atoms with Crippen LogP contribution in [0.2, 0.25) is 0 Å². The van der Waals surface area contributed by atoms with Crippen molar-refractivity contribution in [1.82, 2.24) is 4.90 Å². The summed E-state index contributed by atoms with van der Waals surface area (Å²) in [6.07, 6.45) is -0.0563. The Balaban J connectivity index is 2.73. The van der Waals surface area contributed by atoms with Gasteiger partial charge in [0.15, 0.2) is 0 Å². The Hall–Kier alpha value is -1.24. The van der Waals surface area contributed by atoms with Crippen LogP contribution in [0.3, 0.4) is 0 Å². The second-order valence-corrected chi connectivity index (χ2v) is 6.31. The molecule has 1 unspecified atom stereocenters. The lowest BCUT2D eigenvalue weighted by Gasteiger charge is -2.26. The van der Waals surface area contributed by atoms with E-state index in [-0.39, 0.29) is 24.7 Å². The van der Waals surface area contributed by atoms with E-state index in [2.05, 4.69) is 12.6 Å². The second-order valence-electron chi connectivity index (χ2n) is 5.94. The fraction of sp³-hybridized carbons (Fsp3) is 0.769. The fourth-order valence-corrected chi connectivity index (χ4v) is 2.35. The SMILES string of the molecule is CC(C)(C)OC(=O)C[C@@H](C(=O)O)N1CC(CS)CC1=O. The molecule has 0 aromatic rings. The number of aliphatic carboxylic acids is 1. The number of carbonyl (C=O) groups excluding carboxylic acids is 2. The molecule has 6 nitrogen and oxygen atoms in total. The highest BCUT2D eigenvalue weighted by Crippen LogP contribution is 2.23. The van der Waals surface area contributed by atoms with Gasteiger partial charge in [-0.1, -0.05) is 0 Å². The number of esters is 1. The van der Waals surface area contributed by atoms with Gasteiger partial charge in [0.05, 0.1) is 6.42 Å². The van der Waals surface area contributed by atoms with Crippen molar-refractivity contribution in [2.45, 2.75) is 45.3 Å². The molecule has 0 aromatic carbocycles. The largest absolute Gasteiger partial charge is 0.480 e. The smallest absolute Gasteiger partial charge is 0.327 e. The number of carboxylic acids is 1. The molecular weight excluding hydrogens is 282 g/mol. The van der Waals surface area contributed by atoms with Crippen molar-refractivity contribution >= 4 is 30.5 Å². The quantitative estimate of drug-likeness (QED) is 0.583. The number of amides is 1. The minimum Gasteiger partial charge on any atom is -0.480 e. The molecule has 0 spiro atoms. The lowest BCUT2D eigenvalue weighted by molar-refractivity contribution is -0.161. The first kappa shape index (κ1) is 16.8. The molecular formula is C13H21NO5S. The third kappa shape index (κ3) is 4.70. The van der Waals surface area contributed by atoms with Crippen LogP contribution in [-0.4, -0.2) is 51.8 Å². The molecule has 1 aliphatic heterocycles. The Labute approximate surface area is 123 Å². The highest BCUT2D eigenvalue weighted by molar-refractivity contribution is 7.80. The van der Waals surface area contributed by atoms with Crippen LogP contribution >= 0.6 is 12.6 Å². The van der Waals surface area contributed by atoms with Crippen molar-refractivity contribution in [3.8, 4) is 0 Å². The van der Waals surface area contributed by atoms with E-state index in [4.69, 9.17) is 4.74 Å². The summed E-state index contributed by atoms with van der Waals surface area (Å²) in [5.41, 5.74) is -0.678. The van der Waals surface area contributed by atoms with Crippen LogP contribution in [0, 0.1) is 5.92 Å². The van der Waals surface area contributed by atoms with Crippen molar-refractivity contribution in [3.63, 3.8) is 0 Å². The van der Waals surface area contributed by atoms with Crippen molar-refractivity contribution < 1.29 is 24.2 Å². The van der Waals surface area contributed by atoms with Gasteiger partial charge in [0.2, 0.25) is 5.91 Å². The summed E-state index contributed by atoms with van der Waals surface area (Å²) < 4.78 is 5.11. The molecule has 1 saturated heterocycles. The van der Waals surface area contributed by atoms with Gasteiger partial charge in [-0.25, -0.2) is 4.79 Å². The number of ether oxygens (including phenoxy) is 1. The lowest BCUT2D eigenvalue weighted by Crippen LogP contribution is -2.44. The normalized spacial score (nSPS) is 20.9. The third-order valence-corrected chi connectivity index (χ3v) is 3.45. The third-order valence-electron chi connectivity index (χ3n) is 2.94. The first-order chi connectivity index (χ1) is 9.14. The number of rotatable bonds is 5. The monoisotopic (exact) mass is 303 g/mol. The summed E-state index contributed by atoms with van der Waals surface area (Å²) in [7, 11) is 0. The van der Waals surface area contributed by atoms with E-state index in [1.54, 1.807) is 20.8 Å². The standard InChI is InChI=1S/C13H21NO5S/c1-13(2,3)19-11(16)5-9(12(17)18)14-6-8(7-20)4-10(14)15/h8-9,20H,4-7H2,1-3H3,(H,17,18)/t8?,9-/m0/s1. The summed E-state index contributed by atoms with van der Waals surface area (Å²) in [4.78, 5) is 36.1. The van der Waals surface area contributed by atoms with Gasteiger partial charge in [0, 0.05) is 13.0 Å². The molecule has 114 valence electrons. The number of likely N-dealkylation sites (tertiary alicyclic amines) is 1. The molecule has 1 heterocycles. The maximum atomic E-state index is 11.8. The number of carboxylic acid groups (broad SMARTS) is 1. The molecule has 7 heteroatoms. The predicted molar refractivity (Wildman–Crippen MR) is 75.6 cm³/mol. The number of hydrogen-bond donors (Lipinski definition) is 2. The van der Waals surface area contributed by atoms with Gasteiger partial charge < -0.3 is 14.7 Å². The zero-order valence-electron chi connectivity index (χ0n) is 12.0. The minimum atomic E-state index is -1.19. The first-order valence-corrected chi connectivity index (χ1v) is 7.12. The van der Waals surface area contributed by atoms with Crippen LogP contribution in [0.15, 0.2) is 0 Å². The van der Waals surface area contributed by atoms with Gasteiger partial charge in [-0.2, -0.15) is 12.6 Å². The molecule has 1 rings (SSSR count). The Bertz CT molecular complexity index is 404. The van der Waals surface area contributed by atoms with Crippen molar-refractivity contribution in [3.05, 3.63) is 0 Å². The van der Waals surface area contributed by atoms with Crippen LogP contribution in [0.5, 0.6) is 0 Å². The van der Waals surface area contributed by atoms with E-state index >= 15 is 0 Å². The molecule has 20 heavy (non-hydrogen) atoms. The number of carbonyl (C=O) groups is 3. The molecule has 1 N–H and O–H groups in total. The van der Waals surface area contributed by atoms with E-state index in [0.717, 1.165) is 0 Å². The van der Waals surface area contributed by atoms with Crippen LogP contribution in [-0.2, 0) is 19.1 Å². The maximum absolute atomic E-state index is 11.8. The summed E-state index contributed by atoms with van der Waals surface area (Å²) in [6.45, 7) is 5.44. The van der Waals surface area contributed by atoms with Crippen LogP contribution in [0.25, 0.3) is 0 Å². The highest BCUT2D eigenvalue weighted by atomic mass is 32.1. The molecule has 1 aliphatic rings. The topological polar surface area (TPSA) is 83.9 Å². The van der Waals surface area contributed by atoms with Crippen molar-refractivity contribution in [1.29, 1.82) is 0 Å².